The Morgan fingerprint density at radius 2 is 1.72 bits per heavy atom. The van der Waals surface area contributed by atoms with Crippen LogP contribution in [0.25, 0.3) is 0 Å². The molecule has 1 aliphatic rings. The molecule has 1 aliphatic heterocycles. The van der Waals surface area contributed by atoms with Crippen molar-refractivity contribution in [2.45, 2.75) is 13.0 Å². The summed E-state index contributed by atoms with van der Waals surface area (Å²) in [6, 6.07) is 15.2. The molecule has 6 heteroatoms. The Kier molecular flexibility index (Phi) is 5.84. The van der Waals surface area contributed by atoms with Gasteiger partial charge in [0, 0.05) is 36.9 Å². The Balaban J connectivity index is 1.57. The molecule has 0 radical (unpaired) electrons. The summed E-state index contributed by atoms with van der Waals surface area (Å²) in [6.45, 7) is 5.41. The number of hydrogen-bond acceptors (Lipinski definition) is 3. The minimum Gasteiger partial charge on any atom is -0.369 e. The van der Waals surface area contributed by atoms with Crippen molar-refractivity contribution >= 4 is 40.5 Å². The van der Waals surface area contributed by atoms with Gasteiger partial charge in [0.25, 0.3) is 0 Å². The topological polar surface area (TPSA) is 35.6 Å². The molecule has 1 saturated heterocycles. The number of carbonyl (C=O) groups is 1. The van der Waals surface area contributed by atoms with Crippen LogP contribution in [0.15, 0.2) is 48.5 Å². The highest BCUT2D eigenvalue weighted by atomic mass is 35.5. The van der Waals surface area contributed by atoms with Crippen molar-refractivity contribution in [3.8, 4) is 0 Å². The fraction of sp³-hybridized carbons (Fsp3) is 0.316. The molecule has 0 spiro atoms. The molecule has 2 aromatic carbocycles. The van der Waals surface area contributed by atoms with E-state index in [1.807, 2.05) is 25.1 Å². The Hall–Kier alpha value is -1.75. The van der Waals surface area contributed by atoms with Gasteiger partial charge in [-0.25, -0.2) is 0 Å². The number of nitrogens with one attached hydrogen (secondary N) is 1. The fourth-order valence-electron chi connectivity index (χ4n) is 3.00. The van der Waals surface area contributed by atoms with E-state index in [2.05, 4.69) is 27.2 Å². The molecule has 0 saturated carbocycles. The van der Waals surface area contributed by atoms with Crippen LogP contribution in [-0.2, 0) is 4.79 Å². The molecule has 1 atom stereocenters. The zero-order chi connectivity index (χ0) is 17.8. The summed E-state index contributed by atoms with van der Waals surface area (Å²) in [5.74, 6) is -0.0719. The van der Waals surface area contributed by atoms with Crippen LogP contribution in [0, 0.1) is 0 Å². The first-order chi connectivity index (χ1) is 12.0. The molecule has 0 bridgehead atoms. The van der Waals surface area contributed by atoms with Gasteiger partial charge in [-0.15, -0.1) is 0 Å². The second-order valence-corrected chi connectivity index (χ2v) is 6.99. The first kappa shape index (κ1) is 18.1. The summed E-state index contributed by atoms with van der Waals surface area (Å²) in [6.07, 6.45) is 0. The molecule has 1 N–H and O–H groups in total. The number of amides is 1. The smallest absolute Gasteiger partial charge is 0.241 e. The summed E-state index contributed by atoms with van der Waals surface area (Å²) < 4.78 is 0. The number of benzene rings is 2. The molecule has 3 rings (SSSR count). The summed E-state index contributed by atoms with van der Waals surface area (Å²) in [7, 11) is 0. The average molecular weight is 378 g/mol. The molecule has 2 aromatic rings. The normalized spacial score (nSPS) is 16.5. The quantitative estimate of drug-likeness (QED) is 0.869. The predicted molar refractivity (Wildman–Crippen MR) is 105 cm³/mol. The first-order valence-corrected chi connectivity index (χ1v) is 9.10. The van der Waals surface area contributed by atoms with Crippen LogP contribution in [0.4, 0.5) is 11.4 Å². The Morgan fingerprint density at radius 1 is 1.04 bits per heavy atom. The van der Waals surface area contributed by atoms with E-state index in [4.69, 9.17) is 23.2 Å². The zero-order valence-corrected chi connectivity index (χ0v) is 15.6. The van der Waals surface area contributed by atoms with E-state index in [1.165, 1.54) is 5.69 Å². The third-order valence-electron chi connectivity index (χ3n) is 4.55. The number of carbonyl (C=O) groups excluding carboxylic acids is 1. The molecular formula is C19H21Cl2N3O. The number of anilines is 2. The average Bonchev–Trinajstić information content (AvgIpc) is 2.65. The van der Waals surface area contributed by atoms with Crippen molar-refractivity contribution in [3.63, 3.8) is 0 Å². The van der Waals surface area contributed by atoms with Crippen LogP contribution in [0.3, 0.4) is 0 Å². The SMILES string of the molecule is C[C@H](C(=O)Nc1cc(Cl)ccc1Cl)N1CCN(c2ccccc2)CC1. The number of halogens is 2. The summed E-state index contributed by atoms with van der Waals surface area (Å²) >= 11 is 12.1. The number of rotatable bonds is 4. The summed E-state index contributed by atoms with van der Waals surface area (Å²) in [5, 5.41) is 3.91. The molecule has 4 nitrogen and oxygen atoms in total. The molecule has 1 fully saturated rings. The standard InChI is InChI=1S/C19H21Cl2N3O/c1-14(19(25)22-18-13-15(20)7-8-17(18)21)23-9-11-24(12-10-23)16-5-3-2-4-6-16/h2-8,13-14H,9-12H2,1H3,(H,22,25)/t14-/m1/s1. The van der Waals surface area contributed by atoms with E-state index >= 15 is 0 Å². The molecule has 0 aromatic heterocycles. The van der Waals surface area contributed by atoms with Crippen molar-refractivity contribution < 1.29 is 4.79 Å². The van der Waals surface area contributed by atoms with Gasteiger partial charge in [-0.05, 0) is 37.3 Å². The van der Waals surface area contributed by atoms with Crippen LogP contribution >= 0.6 is 23.2 Å². The number of nitrogens with zero attached hydrogens (tertiary/aromatic N) is 2. The number of piperazine rings is 1. The predicted octanol–water partition coefficient (Wildman–Crippen LogP) is 4.14. The highest BCUT2D eigenvalue weighted by molar-refractivity contribution is 6.35. The van der Waals surface area contributed by atoms with Gasteiger partial charge < -0.3 is 10.2 Å². The Bertz CT molecular complexity index is 731. The highest BCUT2D eigenvalue weighted by Gasteiger charge is 2.26. The fourth-order valence-corrected chi connectivity index (χ4v) is 3.34. The second kappa shape index (κ2) is 8.09. The first-order valence-electron chi connectivity index (χ1n) is 8.34. The van der Waals surface area contributed by atoms with Crippen LogP contribution in [0.5, 0.6) is 0 Å². The van der Waals surface area contributed by atoms with Gasteiger partial charge in [-0.3, -0.25) is 9.69 Å². The van der Waals surface area contributed by atoms with E-state index in [1.54, 1.807) is 18.2 Å². The molecule has 25 heavy (non-hydrogen) atoms. The molecule has 0 unspecified atom stereocenters. The van der Waals surface area contributed by atoms with Crippen molar-refractivity contribution in [2.24, 2.45) is 0 Å². The Labute approximate surface area is 158 Å². The molecule has 132 valence electrons. The lowest BCUT2D eigenvalue weighted by Gasteiger charge is -2.38. The Morgan fingerprint density at radius 3 is 2.40 bits per heavy atom. The maximum absolute atomic E-state index is 12.6. The van der Waals surface area contributed by atoms with Crippen molar-refractivity contribution in [2.75, 3.05) is 36.4 Å². The van der Waals surface area contributed by atoms with Gasteiger partial charge in [0.1, 0.15) is 0 Å². The van der Waals surface area contributed by atoms with E-state index in [9.17, 15) is 4.79 Å². The van der Waals surface area contributed by atoms with E-state index in [0.29, 0.717) is 15.7 Å². The van der Waals surface area contributed by atoms with Crippen LogP contribution in [-0.4, -0.2) is 43.0 Å². The highest BCUT2D eigenvalue weighted by Crippen LogP contribution is 2.26. The monoisotopic (exact) mass is 377 g/mol. The largest absolute Gasteiger partial charge is 0.369 e. The lowest BCUT2D eigenvalue weighted by atomic mass is 10.2. The molecule has 1 amide bonds. The van der Waals surface area contributed by atoms with Gasteiger partial charge in [-0.1, -0.05) is 41.4 Å². The zero-order valence-electron chi connectivity index (χ0n) is 14.1. The van der Waals surface area contributed by atoms with Gasteiger partial charge in [-0.2, -0.15) is 0 Å². The maximum Gasteiger partial charge on any atom is 0.241 e. The van der Waals surface area contributed by atoms with Gasteiger partial charge in [0.05, 0.1) is 16.8 Å². The molecule has 0 aliphatic carbocycles. The van der Waals surface area contributed by atoms with Gasteiger partial charge >= 0.3 is 0 Å². The lowest BCUT2D eigenvalue weighted by Crippen LogP contribution is -2.52. The third-order valence-corrected chi connectivity index (χ3v) is 5.11. The minimum atomic E-state index is -0.229. The molecule has 1 heterocycles. The van der Waals surface area contributed by atoms with Crippen LogP contribution in [0.1, 0.15) is 6.92 Å². The third kappa shape index (κ3) is 4.46. The van der Waals surface area contributed by atoms with E-state index in [0.717, 1.165) is 26.2 Å². The van der Waals surface area contributed by atoms with Crippen LogP contribution in [0.2, 0.25) is 10.0 Å². The number of hydrogen-bond donors (Lipinski definition) is 1. The van der Waals surface area contributed by atoms with E-state index in [-0.39, 0.29) is 11.9 Å². The van der Waals surface area contributed by atoms with Gasteiger partial charge in [0.2, 0.25) is 5.91 Å². The van der Waals surface area contributed by atoms with Crippen molar-refractivity contribution in [3.05, 3.63) is 58.6 Å². The maximum atomic E-state index is 12.6. The summed E-state index contributed by atoms with van der Waals surface area (Å²) in [5.41, 5.74) is 1.78. The van der Waals surface area contributed by atoms with Crippen LogP contribution < -0.4 is 10.2 Å². The lowest BCUT2D eigenvalue weighted by molar-refractivity contribution is -0.120. The second-order valence-electron chi connectivity index (χ2n) is 6.15. The molecular weight excluding hydrogens is 357 g/mol. The van der Waals surface area contributed by atoms with Crippen molar-refractivity contribution in [1.29, 1.82) is 0 Å². The minimum absolute atomic E-state index is 0.0719. The van der Waals surface area contributed by atoms with Gasteiger partial charge in [0.15, 0.2) is 0 Å². The number of para-hydroxylation sites is 1. The summed E-state index contributed by atoms with van der Waals surface area (Å²) in [4.78, 5) is 17.1. The van der Waals surface area contributed by atoms with Crippen molar-refractivity contribution in [1.82, 2.24) is 4.90 Å². The van der Waals surface area contributed by atoms with E-state index < -0.39 is 0 Å².